The van der Waals surface area contributed by atoms with Crippen molar-refractivity contribution in [2.45, 2.75) is 52.1 Å². The molecule has 0 heterocycles. The van der Waals surface area contributed by atoms with Crippen molar-refractivity contribution in [2.24, 2.45) is 16.8 Å². The minimum Gasteiger partial charge on any atom is -0.354 e. The first-order valence-electron chi connectivity index (χ1n) is 10.9. The number of nitrogens with one attached hydrogen (secondary N) is 3. The van der Waals surface area contributed by atoms with Crippen molar-refractivity contribution in [2.75, 3.05) is 34.2 Å². The summed E-state index contributed by atoms with van der Waals surface area (Å²) in [4.78, 5) is 18.8. The lowest BCUT2D eigenvalue weighted by molar-refractivity contribution is 0.0951. The fourth-order valence-corrected chi connectivity index (χ4v) is 3.82. The SMILES string of the molecule is CN=C(NCc1cccc(C(=O)NCCN(C)C)c1)NC1CCC(C(C)C)CC1. The monoisotopic (exact) mass is 401 g/mol. The molecule has 29 heavy (non-hydrogen) atoms. The summed E-state index contributed by atoms with van der Waals surface area (Å²) in [6, 6.07) is 8.25. The predicted molar refractivity (Wildman–Crippen MR) is 121 cm³/mol. The summed E-state index contributed by atoms with van der Waals surface area (Å²) in [5.41, 5.74) is 1.76. The van der Waals surface area contributed by atoms with Crippen molar-refractivity contribution in [3.8, 4) is 0 Å². The van der Waals surface area contributed by atoms with Crippen molar-refractivity contribution in [1.82, 2.24) is 20.9 Å². The number of benzene rings is 1. The molecule has 0 atom stereocenters. The van der Waals surface area contributed by atoms with Gasteiger partial charge >= 0.3 is 0 Å². The van der Waals surface area contributed by atoms with Gasteiger partial charge in [0, 0.05) is 38.3 Å². The van der Waals surface area contributed by atoms with E-state index in [1.54, 1.807) is 0 Å². The molecule has 1 aromatic rings. The van der Waals surface area contributed by atoms with Crippen molar-refractivity contribution in [3.05, 3.63) is 35.4 Å². The maximum Gasteiger partial charge on any atom is 0.251 e. The molecule has 0 bridgehead atoms. The van der Waals surface area contributed by atoms with E-state index in [-0.39, 0.29) is 5.91 Å². The molecule has 2 rings (SSSR count). The first-order chi connectivity index (χ1) is 13.9. The molecular weight excluding hydrogens is 362 g/mol. The highest BCUT2D eigenvalue weighted by Gasteiger charge is 2.23. The molecule has 0 aromatic heterocycles. The van der Waals surface area contributed by atoms with Crippen LogP contribution < -0.4 is 16.0 Å². The van der Waals surface area contributed by atoms with Crippen molar-refractivity contribution < 1.29 is 4.79 Å². The van der Waals surface area contributed by atoms with E-state index in [0.29, 0.717) is 24.7 Å². The summed E-state index contributed by atoms with van der Waals surface area (Å²) >= 11 is 0. The molecule has 1 aliphatic rings. The molecule has 0 saturated heterocycles. The second-order valence-electron chi connectivity index (χ2n) is 8.69. The van der Waals surface area contributed by atoms with Gasteiger partial charge in [0.05, 0.1) is 0 Å². The van der Waals surface area contributed by atoms with Crippen LogP contribution in [0.2, 0.25) is 0 Å². The van der Waals surface area contributed by atoms with Crippen LogP contribution in [-0.2, 0) is 6.54 Å². The van der Waals surface area contributed by atoms with Crippen LogP contribution in [0.4, 0.5) is 0 Å². The van der Waals surface area contributed by atoms with Crippen molar-refractivity contribution in [1.29, 1.82) is 0 Å². The number of rotatable bonds is 8. The molecule has 6 nitrogen and oxygen atoms in total. The molecule has 0 radical (unpaired) electrons. The lowest BCUT2D eigenvalue weighted by atomic mass is 9.80. The summed E-state index contributed by atoms with van der Waals surface area (Å²) < 4.78 is 0. The molecule has 162 valence electrons. The average molecular weight is 402 g/mol. The normalized spacial score (nSPS) is 20.0. The van der Waals surface area contributed by atoms with E-state index in [2.05, 4.69) is 39.7 Å². The highest BCUT2D eigenvalue weighted by atomic mass is 16.1. The number of carbonyl (C=O) groups excluding carboxylic acids is 1. The largest absolute Gasteiger partial charge is 0.354 e. The first-order valence-corrected chi connectivity index (χ1v) is 10.9. The third-order valence-electron chi connectivity index (χ3n) is 5.77. The van der Waals surface area contributed by atoms with Gasteiger partial charge < -0.3 is 20.9 Å². The Labute approximate surface area is 176 Å². The summed E-state index contributed by atoms with van der Waals surface area (Å²) in [5.74, 6) is 2.44. The number of hydrogen-bond acceptors (Lipinski definition) is 3. The molecule has 1 aliphatic carbocycles. The topological polar surface area (TPSA) is 68.8 Å². The van der Waals surface area contributed by atoms with Gasteiger partial charge in [-0.15, -0.1) is 0 Å². The first kappa shape index (κ1) is 23.2. The second kappa shape index (κ2) is 11.8. The number of amides is 1. The van der Waals surface area contributed by atoms with Crippen molar-refractivity contribution >= 4 is 11.9 Å². The highest BCUT2D eigenvalue weighted by Crippen LogP contribution is 2.29. The number of aliphatic imine (C=N–C) groups is 1. The number of hydrogen-bond donors (Lipinski definition) is 3. The molecule has 1 saturated carbocycles. The smallest absolute Gasteiger partial charge is 0.251 e. The van der Waals surface area contributed by atoms with Crippen LogP contribution in [0, 0.1) is 11.8 Å². The van der Waals surface area contributed by atoms with Gasteiger partial charge in [0.1, 0.15) is 0 Å². The summed E-state index contributed by atoms with van der Waals surface area (Å²) in [6.45, 7) is 6.77. The van der Waals surface area contributed by atoms with Gasteiger partial charge in [-0.05, 0) is 69.3 Å². The lowest BCUT2D eigenvalue weighted by Crippen LogP contribution is -2.44. The Kier molecular flexibility index (Phi) is 9.45. The molecule has 0 spiro atoms. The third-order valence-corrected chi connectivity index (χ3v) is 5.77. The van der Waals surface area contributed by atoms with Crippen LogP contribution in [0.3, 0.4) is 0 Å². The molecule has 1 aromatic carbocycles. The predicted octanol–water partition coefficient (Wildman–Crippen LogP) is 2.86. The standard InChI is InChI=1S/C23H39N5O/c1-17(2)19-9-11-21(12-10-19)27-23(24-3)26-16-18-7-6-8-20(15-18)22(29)25-13-14-28(4)5/h6-8,15,17,19,21H,9-14,16H2,1-5H3,(H,25,29)(H2,24,26,27). The minimum absolute atomic E-state index is 0.0295. The quantitative estimate of drug-likeness (QED) is 0.463. The number of guanidine groups is 1. The maximum absolute atomic E-state index is 12.3. The van der Waals surface area contributed by atoms with Crippen LogP contribution >= 0.6 is 0 Å². The molecule has 1 fully saturated rings. The van der Waals surface area contributed by atoms with Gasteiger partial charge in [-0.2, -0.15) is 0 Å². The van der Waals surface area contributed by atoms with Crippen LogP contribution in [0.5, 0.6) is 0 Å². The van der Waals surface area contributed by atoms with E-state index >= 15 is 0 Å². The number of carbonyl (C=O) groups is 1. The van der Waals surface area contributed by atoms with Gasteiger partial charge in [0.15, 0.2) is 5.96 Å². The van der Waals surface area contributed by atoms with E-state index in [1.165, 1.54) is 25.7 Å². The Bertz CT molecular complexity index is 663. The fourth-order valence-electron chi connectivity index (χ4n) is 3.82. The molecule has 0 unspecified atom stereocenters. The summed E-state index contributed by atoms with van der Waals surface area (Å²) in [7, 11) is 5.80. The van der Waals surface area contributed by atoms with E-state index < -0.39 is 0 Å². The minimum atomic E-state index is -0.0295. The number of likely N-dealkylation sites (N-methyl/N-ethyl adjacent to an activating group) is 1. The molecule has 1 amide bonds. The molecule has 0 aliphatic heterocycles. The van der Waals surface area contributed by atoms with E-state index in [4.69, 9.17) is 0 Å². The molecule has 3 N–H and O–H groups in total. The number of nitrogens with zero attached hydrogens (tertiary/aromatic N) is 2. The van der Waals surface area contributed by atoms with E-state index in [9.17, 15) is 4.79 Å². The Morgan fingerprint density at radius 3 is 2.52 bits per heavy atom. The van der Waals surface area contributed by atoms with Gasteiger partial charge in [0.2, 0.25) is 0 Å². The Hall–Kier alpha value is -2.08. The van der Waals surface area contributed by atoms with E-state index in [1.807, 2.05) is 45.4 Å². The van der Waals surface area contributed by atoms with Crippen LogP contribution in [0.25, 0.3) is 0 Å². The molecular formula is C23H39N5O. The molecule has 6 heteroatoms. The van der Waals surface area contributed by atoms with Crippen molar-refractivity contribution in [3.63, 3.8) is 0 Å². The average Bonchev–Trinajstić information content (AvgIpc) is 2.71. The summed E-state index contributed by atoms with van der Waals surface area (Å²) in [6.07, 6.45) is 4.98. The third kappa shape index (κ3) is 8.05. The second-order valence-corrected chi connectivity index (χ2v) is 8.69. The fraction of sp³-hybridized carbons (Fsp3) is 0.652. The Morgan fingerprint density at radius 1 is 1.17 bits per heavy atom. The zero-order valence-corrected chi connectivity index (χ0v) is 18.8. The van der Waals surface area contributed by atoms with Gasteiger partial charge in [0.25, 0.3) is 5.91 Å². The summed E-state index contributed by atoms with van der Waals surface area (Å²) in [5, 5.41) is 9.92. The zero-order valence-electron chi connectivity index (χ0n) is 18.8. The van der Waals surface area contributed by atoms with Gasteiger partial charge in [-0.25, -0.2) is 0 Å². The highest BCUT2D eigenvalue weighted by molar-refractivity contribution is 5.94. The van der Waals surface area contributed by atoms with Gasteiger partial charge in [-0.1, -0.05) is 26.0 Å². The lowest BCUT2D eigenvalue weighted by Gasteiger charge is -2.32. The maximum atomic E-state index is 12.3. The Balaban J connectivity index is 1.81. The van der Waals surface area contributed by atoms with Crippen LogP contribution in [0.1, 0.15) is 55.5 Å². The van der Waals surface area contributed by atoms with Crippen LogP contribution in [0.15, 0.2) is 29.3 Å². The zero-order chi connectivity index (χ0) is 21.2. The van der Waals surface area contributed by atoms with Crippen LogP contribution in [-0.4, -0.2) is 57.0 Å². The van der Waals surface area contributed by atoms with E-state index in [0.717, 1.165) is 29.9 Å². The Morgan fingerprint density at radius 2 is 1.90 bits per heavy atom. The van der Waals surface area contributed by atoms with Gasteiger partial charge in [-0.3, -0.25) is 9.79 Å².